The number of benzene rings is 2. The number of hydrogen-bond donors (Lipinski definition) is 3. The van der Waals surface area contributed by atoms with Gasteiger partial charge >= 0.3 is 0 Å². The highest BCUT2D eigenvalue weighted by atomic mass is 16.3. The summed E-state index contributed by atoms with van der Waals surface area (Å²) >= 11 is 0. The Kier molecular flexibility index (Phi) is 3.43. The highest BCUT2D eigenvalue weighted by Gasteiger charge is 2.18. The summed E-state index contributed by atoms with van der Waals surface area (Å²) in [4.78, 5) is 8.88. The molecule has 0 radical (unpaired) electrons. The third-order valence-electron chi connectivity index (χ3n) is 4.91. The van der Waals surface area contributed by atoms with Gasteiger partial charge in [-0.15, -0.1) is 0 Å². The number of phenols is 1. The number of hydrogen-bond acceptors (Lipinski definition) is 5. The average Bonchev–Trinajstić information content (AvgIpc) is 3.24. The van der Waals surface area contributed by atoms with Crippen molar-refractivity contribution in [3.05, 3.63) is 72.2 Å². The Morgan fingerprint density at radius 3 is 2.78 bits per heavy atom. The molecule has 0 aliphatic heterocycles. The summed E-state index contributed by atoms with van der Waals surface area (Å²) in [6.45, 7) is 0. The Morgan fingerprint density at radius 2 is 1.93 bits per heavy atom. The van der Waals surface area contributed by atoms with E-state index in [-0.39, 0.29) is 5.75 Å². The van der Waals surface area contributed by atoms with Gasteiger partial charge in [0, 0.05) is 29.4 Å². The fourth-order valence-electron chi connectivity index (χ4n) is 3.55. The van der Waals surface area contributed by atoms with E-state index in [1.807, 2.05) is 34.9 Å². The molecule has 0 saturated heterocycles. The Balaban J connectivity index is 1.63. The van der Waals surface area contributed by atoms with E-state index in [1.165, 1.54) is 5.56 Å². The van der Waals surface area contributed by atoms with E-state index in [0.29, 0.717) is 5.71 Å². The van der Waals surface area contributed by atoms with Gasteiger partial charge in [0.25, 0.3) is 0 Å². The monoisotopic (exact) mass is 355 g/mol. The number of aromatic hydroxyl groups is 1. The minimum Gasteiger partial charge on any atom is -0.508 e. The molecular weight excluding hydrogens is 338 g/mol. The molecule has 6 heteroatoms. The van der Waals surface area contributed by atoms with E-state index in [1.54, 1.807) is 24.5 Å². The number of imidazole rings is 1. The second-order valence-corrected chi connectivity index (χ2v) is 6.64. The number of rotatable bonds is 3. The lowest BCUT2D eigenvalue weighted by Gasteiger charge is -2.10. The molecule has 6 nitrogen and oxygen atoms in total. The van der Waals surface area contributed by atoms with Crippen molar-refractivity contribution in [1.29, 1.82) is 5.41 Å². The molecule has 1 aliphatic rings. The van der Waals surface area contributed by atoms with Crippen molar-refractivity contribution in [3.63, 3.8) is 0 Å². The molecular formula is C21H17N5O. The van der Waals surface area contributed by atoms with Gasteiger partial charge in [-0.2, -0.15) is 0 Å². The predicted octanol–water partition coefficient (Wildman–Crippen LogP) is 4.16. The van der Waals surface area contributed by atoms with E-state index in [2.05, 4.69) is 16.4 Å². The number of phenolic OH excluding ortho intramolecular Hbond substituents is 1. The normalized spacial score (nSPS) is 13.1. The highest BCUT2D eigenvalue weighted by molar-refractivity contribution is 6.02. The zero-order valence-electron chi connectivity index (χ0n) is 14.5. The number of aromatic nitrogens is 3. The molecule has 27 heavy (non-hydrogen) atoms. The summed E-state index contributed by atoms with van der Waals surface area (Å²) in [7, 11) is 0. The van der Waals surface area contributed by atoms with Gasteiger partial charge in [-0.05, 0) is 60.4 Å². The van der Waals surface area contributed by atoms with Gasteiger partial charge in [0.2, 0.25) is 0 Å². The Labute approximate surface area is 155 Å². The van der Waals surface area contributed by atoms with Crippen LogP contribution in [0.5, 0.6) is 5.75 Å². The van der Waals surface area contributed by atoms with Crippen LogP contribution >= 0.6 is 0 Å². The zero-order valence-corrected chi connectivity index (χ0v) is 14.5. The molecule has 0 bridgehead atoms. The minimum absolute atomic E-state index is 0.222. The van der Waals surface area contributed by atoms with Crippen molar-refractivity contribution in [3.8, 4) is 17.0 Å². The standard InChI is InChI=1S/C21H17N5O/c22-18-8-3-14-11-15(4-7-17(14)18)24-21-20(13-1-5-16(27)6-2-13)25-19-12-23-9-10-26(19)21/h1-2,4-7,9-12,22,24,27H,3,8H2. The van der Waals surface area contributed by atoms with Crippen LogP contribution in [-0.2, 0) is 6.42 Å². The summed E-state index contributed by atoms with van der Waals surface area (Å²) < 4.78 is 1.96. The summed E-state index contributed by atoms with van der Waals surface area (Å²) in [5.41, 5.74) is 6.35. The predicted molar refractivity (Wildman–Crippen MR) is 105 cm³/mol. The van der Waals surface area contributed by atoms with E-state index < -0.39 is 0 Å². The second-order valence-electron chi connectivity index (χ2n) is 6.64. The fraction of sp³-hybridized carbons (Fsp3) is 0.0952. The molecule has 132 valence electrons. The maximum atomic E-state index is 9.59. The Bertz CT molecular complexity index is 1180. The van der Waals surface area contributed by atoms with E-state index in [9.17, 15) is 5.11 Å². The van der Waals surface area contributed by atoms with Crippen LogP contribution in [0.25, 0.3) is 16.9 Å². The molecule has 2 aromatic carbocycles. The molecule has 2 aromatic heterocycles. The van der Waals surface area contributed by atoms with Gasteiger partial charge in [0.05, 0.1) is 6.20 Å². The molecule has 0 unspecified atom stereocenters. The summed E-state index contributed by atoms with van der Waals surface area (Å²) in [5.74, 6) is 1.06. The van der Waals surface area contributed by atoms with Crippen LogP contribution < -0.4 is 5.32 Å². The Hall–Kier alpha value is -3.67. The van der Waals surface area contributed by atoms with Crippen molar-refractivity contribution in [2.45, 2.75) is 12.8 Å². The molecule has 0 amide bonds. The first-order valence-corrected chi connectivity index (χ1v) is 8.78. The number of nitrogens with one attached hydrogen (secondary N) is 2. The summed E-state index contributed by atoms with van der Waals surface area (Å²) in [6, 6.07) is 13.1. The van der Waals surface area contributed by atoms with E-state index in [0.717, 1.165) is 46.8 Å². The van der Waals surface area contributed by atoms with Gasteiger partial charge in [-0.25, -0.2) is 4.98 Å². The lowest BCUT2D eigenvalue weighted by molar-refractivity contribution is 0.475. The molecule has 2 heterocycles. The Morgan fingerprint density at radius 1 is 1.07 bits per heavy atom. The van der Waals surface area contributed by atoms with Gasteiger partial charge in [0.15, 0.2) is 5.65 Å². The van der Waals surface area contributed by atoms with Gasteiger partial charge in [-0.1, -0.05) is 6.07 Å². The SMILES string of the molecule is N=C1CCc2cc(Nc3c(-c4ccc(O)cc4)nc4cnccn34)ccc21. The third kappa shape index (κ3) is 2.62. The summed E-state index contributed by atoms with van der Waals surface area (Å²) in [5, 5.41) is 21.1. The molecule has 0 fully saturated rings. The summed E-state index contributed by atoms with van der Waals surface area (Å²) in [6.07, 6.45) is 7.03. The second kappa shape index (κ2) is 5.95. The molecule has 0 spiro atoms. The lowest BCUT2D eigenvalue weighted by Crippen LogP contribution is -1.98. The number of nitrogens with zero attached hydrogens (tertiary/aromatic N) is 3. The first-order valence-electron chi connectivity index (χ1n) is 8.78. The van der Waals surface area contributed by atoms with Crippen LogP contribution in [0, 0.1) is 5.41 Å². The molecule has 0 saturated carbocycles. The number of anilines is 2. The van der Waals surface area contributed by atoms with Crippen LogP contribution in [0.1, 0.15) is 17.5 Å². The van der Waals surface area contributed by atoms with Crippen molar-refractivity contribution in [2.24, 2.45) is 0 Å². The first kappa shape index (κ1) is 15.6. The largest absolute Gasteiger partial charge is 0.508 e. The third-order valence-corrected chi connectivity index (χ3v) is 4.91. The average molecular weight is 355 g/mol. The molecule has 1 aliphatic carbocycles. The smallest absolute Gasteiger partial charge is 0.157 e. The lowest BCUT2D eigenvalue weighted by atomic mass is 10.1. The molecule has 5 rings (SSSR count). The minimum atomic E-state index is 0.222. The van der Waals surface area contributed by atoms with Crippen molar-refractivity contribution in [2.75, 3.05) is 5.32 Å². The van der Waals surface area contributed by atoms with Crippen molar-refractivity contribution < 1.29 is 5.11 Å². The number of fused-ring (bicyclic) bond motifs is 2. The van der Waals surface area contributed by atoms with Crippen LogP contribution in [0.4, 0.5) is 11.5 Å². The molecule has 3 N–H and O–H groups in total. The first-order chi connectivity index (χ1) is 13.2. The topological polar surface area (TPSA) is 86.3 Å². The molecule has 0 atom stereocenters. The van der Waals surface area contributed by atoms with E-state index in [4.69, 9.17) is 10.4 Å². The highest BCUT2D eigenvalue weighted by Crippen LogP contribution is 2.33. The van der Waals surface area contributed by atoms with E-state index >= 15 is 0 Å². The zero-order chi connectivity index (χ0) is 18.4. The van der Waals surface area contributed by atoms with Crippen molar-refractivity contribution >= 4 is 22.9 Å². The van der Waals surface area contributed by atoms with Crippen molar-refractivity contribution in [1.82, 2.24) is 14.4 Å². The van der Waals surface area contributed by atoms with Crippen LogP contribution in [0.3, 0.4) is 0 Å². The maximum Gasteiger partial charge on any atom is 0.157 e. The maximum absolute atomic E-state index is 9.59. The van der Waals surface area contributed by atoms with Crippen LogP contribution in [0.15, 0.2) is 61.1 Å². The fourth-order valence-corrected chi connectivity index (χ4v) is 3.55. The molecule has 4 aromatic rings. The van der Waals surface area contributed by atoms with Crippen LogP contribution in [-0.4, -0.2) is 25.2 Å². The van der Waals surface area contributed by atoms with Gasteiger partial charge in [-0.3, -0.25) is 9.38 Å². The quantitative estimate of drug-likeness (QED) is 0.515. The van der Waals surface area contributed by atoms with Gasteiger partial charge < -0.3 is 15.8 Å². The van der Waals surface area contributed by atoms with Crippen LogP contribution in [0.2, 0.25) is 0 Å². The number of aryl methyl sites for hydroxylation is 1. The van der Waals surface area contributed by atoms with Gasteiger partial charge in [0.1, 0.15) is 17.3 Å².